The number of benzene rings is 1. The molecule has 0 unspecified atom stereocenters. The van der Waals surface area contributed by atoms with E-state index in [1.807, 2.05) is 25.5 Å². The van der Waals surface area contributed by atoms with Crippen LogP contribution in [0.25, 0.3) is 0 Å². The Morgan fingerprint density at radius 3 is 2.76 bits per heavy atom. The summed E-state index contributed by atoms with van der Waals surface area (Å²) >= 11 is 0. The molecule has 0 saturated heterocycles. The molecule has 1 aromatic carbocycles. The molecular weight excluding hydrogens is 210 g/mol. The van der Waals surface area contributed by atoms with Crippen molar-refractivity contribution in [1.82, 2.24) is 9.55 Å². The largest absolute Gasteiger partial charge is 0.333 e. The van der Waals surface area contributed by atoms with E-state index in [1.165, 1.54) is 5.56 Å². The van der Waals surface area contributed by atoms with Crippen molar-refractivity contribution in [2.45, 2.75) is 32.4 Å². The van der Waals surface area contributed by atoms with Crippen LogP contribution >= 0.6 is 0 Å². The maximum Gasteiger partial charge on any atom is 0.0948 e. The highest BCUT2D eigenvalue weighted by Gasteiger charge is 2.05. The lowest BCUT2D eigenvalue weighted by Crippen LogP contribution is -2.12. The molecule has 2 aromatic rings. The summed E-state index contributed by atoms with van der Waals surface area (Å²) in [6, 6.07) is 10.6. The molecule has 0 radical (unpaired) electrons. The van der Waals surface area contributed by atoms with Gasteiger partial charge in [-0.3, -0.25) is 0 Å². The molecule has 1 heterocycles. The zero-order valence-electron chi connectivity index (χ0n) is 10.2. The molecule has 3 nitrogen and oxygen atoms in total. The van der Waals surface area contributed by atoms with Gasteiger partial charge >= 0.3 is 0 Å². The SMILES string of the molecule is C[C@@H](N)c1cncn1CCCc1ccccc1. The van der Waals surface area contributed by atoms with Crippen LogP contribution < -0.4 is 5.73 Å². The lowest BCUT2D eigenvalue weighted by molar-refractivity contribution is 0.592. The smallest absolute Gasteiger partial charge is 0.0948 e. The Morgan fingerprint density at radius 2 is 2.06 bits per heavy atom. The van der Waals surface area contributed by atoms with Crippen LogP contribution in [0.5, 0.6) is 0 Å². The molecule has 1 atom stereocenters. The Balaban J connectivity index is 1.88. The van der Waals surface area contributed by atoms with Gasteiger partial charge in [0.1, 0.15) is 0 Å². The van der Waals surface area contributed by atoms with Crippen molar-refractivity contribution in [2.75, 3.05) is 0 Å². The molecule has 0 bridgehead atoms. The van der Waals surface area contributed by atoms with Crippen LogP contribution in [0.15, 0.2) is 42.9 Å². The van der Waals surface area contributed by atoms with Crippen LogP contribution in [-0.4, -0.2) is 9.55 Å². The molecule has 90 valence electrons. The van der Waals surface area contributed by atoms with Crippen molar-refractivity contribution in [1.29, 1.82) is 0 Å². The van der Waals surface area contributed by atoms with Gasteiger partial charge in [-0.2, -0.15) is 0 Å². The molecule has 1 aromatic heterocycles. The molecular formula is C14H19N3. The summed E-state index contributed by atoms with van der Waals surface area (Å²) in [7, 11) is 0. The second kappa shape index (κ2) is 5.64. The van der Waals surface area contributed by atoms with Crippen LogP contribution in [0, 0.1) is 0 Å². The van der Waals surface area contributed by atoms with E-state index < -0.39 is 0 Å². The summed E-state index contributed by atoms with van der Waals surface area (Å²) in [5.74, 6) is 0. The first-order valence-corrected chi connectivity index (χ1v) is 6.07. The van der Waals surface area contributed by atoms with Crippen LogP contribution in [-0.2, 0) is 13.0 Å². The molecule has 0 saturated carbocycles. The third-order valence-corrected chi connectivity index (χ3v) is 2.92. The highest BCUT2D eigenvalue weighted by Crippen LogP contribution is 2.10. The fourth-order valence-corrected chi connectivity index (χ4v) is 2.00. The van der Waals surface area contributed by atoms with E-state index in [0.29, 0.717) is 0 Å². The lowest BCUT2D eigenvalue weighted by atomic mass is 10.1. The Labute approximate surface area is 102 Å². The predicted molar refractivity (Wildman–Crippen MR) is 69.6 cm³/mol. The molecule has 0 aliphatic carbocycles. The third kappa shape index (κ3) is 3.17. The number of nitrogens with zero attached hydrogens (tertiary/aromatic N) is 2. The first-order chi connectivity index (χ1) is 8.27. The number of nitrogens with two attached hydrogens (primary N) is 1. The average molecular weight is 229 g/mol. The standard InChI is InChI=1S/C14H19N3/c1-12(15)14-10-16-11-17(14)9-5-8-13-6-3-2-4-7-13/h2-4,6-7,10-12H,5,8-9,15H2,1H3/t12-/m1/s1. The molecule has 0 aliphatic rings. The normalized spacial score (nSPS) is 12.6. The minimum absolute atomic E-state index is 0.0502. The van der Waals surface area contributed by atoms with Gasteiger partial charge in [0.15, 0.2) is 0 Å². The van der Waals surface area contributed by atoms with Crippen molar-refractivity contribution in [2.24, 2.45) is 5.73 Å². The van der Waals surface area contributed by atoms with E-state index in [-0.39, 0.29) is 6.04 Å². The maximum atomic E-state index is 5.88. The molecule has 17 heavy (non-hydrogen) atoms. The first kappa shape index (κ1) is 11.9. The van der Waals surface area contributed by atoms with Gasteiger partial charge in [-0.1, -0.05) is 30.3 Å². The summed E-state index contributed by atoms with van der Waals surface area (Å²) in [5.41, 5.74) is 8.37. The second-order valence-electron chi connectivity index (χ2n) is 4.39. The molecule has 2 rings (SSSR count). The van der Waals surface area contributed by atoms with Gasteiger partial charge in [0.25, 0.3) is 0 Å². The Morgan fingerprint density at radius 1 is 1.29 bits per heavy atom. The topological polar surface area (TPSA) is 43.8 Å². The number of imidazole rings is 1. The Bertz CT molecular complexity index is 446. The number of hydrogen-bond donors (Lipinski definition) is 1. The van der Waals surface area contributed by atoms with Crippen LogP contribution in [0.1, 0.15) is 30.6 Å². The number of hydrogen-bond acceptors (Lipinski definition) is 2. The van der Waals surface area contributed by atoms with E-state index in [4.69, 9.17) is 5.73 Å². The highest BCUT2D eigenvalue weighted by molar-refractivity contribution is 5.14. The molecule has 0 fully saturated rings. The van der Waals surface area contributed by atoms with Crippen LogP contribution in [0.4, 0.5) is 0 Å². The average Bonchev–Trinajstić information content (AvgIpc) is 2.79. The molecule has 0 amide bonds. The fraction of sp³-hybridized carbons (Fsp3) is 0.357. The number of rotatable bonds is 5. The van der Waals surface area contributed by atoms with Gasteiger partial charge < -0.3 is 10.3 Å². The minimum atomic E-state index is 0.0502. The highest BCUT2D eigenvalue weighted by atomic mass is 15.1. The summed E-state index contributed by atoms with van der Waals surface area (Å²) < 4.78 is 2.15. The van der Waals surface area contributed by atoms with E-state index >= 15 is 0 Å². The monoisotopic (exact) mass is 229 g/mol. The van der Waals surface area contributed by atoms with E-state index in [2.05, 4.69) is 33.8 Å². The van der Waals surface area contributed by atoms with E-state index in [1.54, 1.807) is 0 Å². The summed E-state index contributed by atoms with van der Waals surface area (Å²) in [5, 5.41) is 0. The Hall–Kier alpha value is -1.61. The first-order valence-electron chi connectivity index (χ1n) is 6.07. The van der Waals surface area contributed by atoms with Gasteiger partial charge in [-0.25, -0.2) is 4.98 Å². The van der Waals surface area contributed by atoms with Crippen molar-refractivity contribution in [3.8, 4) is 0 Å². The van der Waals surface area contributed by atoms with Crippen molar-refractivity contribution < 1.29 is 0 Å². The second-order valence-corrected chi connectivity index (χ2v) is 4.39. The molecule has 0 spiro atoms. The minimum Gasteiger partial charge on any atom is -0.333 e. The van der Waals surface area contributed by atoms with Crippen LogP contribution in [0.3, 0.4) is 0 Å². The Kier molecular flexibility index (Phi) is 3.94. The van der Waals surface area contributed by atoms with Gasteiger partial charge in [0.2, 0.25) is 0 Å². The summed E-state index contributed by atoms with van der Waals surface area (Å²) in [4.78, 5) is 4.15. The van der Waals surface area contributed by atoms with Gasteiger partial charge in [0, 0.05) is 18.8 Å². The summed E-state index contributed by atoms with van der Waals surface area (Å²) in [6.07, 6.45) is 5.92. The molecule has 3 heteroatoms. The molecule has 0 aliphatic heterocycles. The van der Waals surface area contributed by atoms with Crippen molar-refractivity contribution in [3.63, 3.8) is 0 Å². The van der Waals surface area contributed by atoms with Crippen molar-refractivity contribution in [3.05, 3.63) is 54.1 Å². The predicted octanol–water partition coefficient (Wildman–Crippen LogP) is 2.54. The van der Waals surface area contributed by atoms with Gasteiger partial charge in [-0.15, -0.1) is 0 Å². The van der Waals surface area contributed by atoms with E-state index in [9.17, 15) is 0 Å². The lowest BCUT2D eigenvalue weighted by Gasteiger charge is -2.10. The quantitative estimate of drug-likeness (QED) is 0.856. The fourth-order valence-electron chi connectivity index (χ4n) is 2.00. The number of aryl methyl sites for hydroxylation is 2. The third-order valence-electron chi connectivity index (χ3n) is 2.92. The van der Waals surface area contributed by atoms with Crippen molar-refractivity contribution >= 4 is 0 Å². The van der Waals surface area contributed by atoms with Crippen LogP contribution in [0.2, 0.25) is 0 Å². The zero-order valence-corrected chi connectivity index (χ0v) is 10.2. The molecule has 2 N–H and O–H groups in total. The van der Waals surface area contributed by atoms with Gasteiger partial charge in [0.05, 0.1) is 12.0 Å². The zero-order chi connectivity index (χ0) is 12.1. The summed E-state index contributed by atoms with van der Waals surface area (Å²) in [6.45, 7) is 2.97. The van der Waals surface area contributed by atoms with Gasteiger partial charge in [-0.05, 0) is 25.3 Å². The maximum absolute atomic E-state index is 5.88. The van der Waals surface area contributed by atoms with E-state index in [0.717, 1.165) is 25.1 Å². The number of aromatic nitrogens is 2.